The van der Waals surface area contributed by atoms with Crippen LogP contribution in [0.1, 0.15) is 19.8 Å². The monoisotopic (exact) mass is 253 g/mol. The summed E-state index contributed by atoms with van der Waals surface area (Å²) < 4.78 is 5.79. The highest BCUT2D eigenvalue weighted by molar-refractivity contribution is 5.81. The Morgan fingerprint density at radius 2 is 1.83 bits per heavy atom. The molecular weight excluding hydrogens is 230 g/mol. The Hall–Kier alpha value is -0.650. The minimum atomic E-state index is 0.0181. The molecule has 3 aliphatic heterocycles. The van der Waals surface area contributed by atoms with Gasteiger partial charge in [-0.3, -0.25) is 9.69 Å². The molecule has 0 spiro atoms. The number of morpholine rings is 1. The van der Waals surface area contributed by atoms with Crippen molar-refractivity contribution < 1.29 is 9.53 Å². The van der Waals surface area contributed by atoms with E-state index < -0.39 is 0 Å². The average molecular weight is 253 g/mol. The van der Waals surface area contributed by atoms with Gasteiger partial charge in [0.2, 0.25) is 5.91 Å². The van der Waals surface area contributed by atoms with E-state index in [4.69, 9.17) is 4.74 Å². The SMILES string of the molecule is CC(C(=O)N1CC2CCC(C1)O2)N1CCNCC1. The molecule has 102 valence electrons. The van der Waals surface area contributed by atoms with Crippen molar-refractivity contribution in [2.75, 3.05) is 39.3 Å². The van der Waals surface area contributed by atoms with Crippen molar-refractivity contribution in [1.29, 1.82) is 0 Å². The number of hydrogen-bond donors (Lipinski definition) is 1. The summed E-state index contributed by atoms with van der Waals surface area (Å²) in [5.74, 6) is 0.289. The van der Waals surface area contributed by atoms with E-state index in [1.165, 1.54) is 0 Å². The molecule has 0 saturated carbocycles. The molecule has 1 amide bonds. The van der Waals surface area contributed by atoms with E-state index in [2.05, 4.69) is 10.2 Å². The first kappa shape index (κ1) is 12.4. The van der Waals surface area contributed by atoms with Crippen molar-refractivity contribution in [2.45, 2.75) is 38.0 Å². The smallest absolute Gasteiger partial charge is 0.239 e. The number of carbonyl (C=O) groups excluding carboxylic acids is 1. The Labute approximate surface area is 108 Å². The second kappa shape index (κ2) is 5.15. The molecule has 3 aliphatic rings. The predicted octanol–water partition coefficient (Wildman–Crippen LogP) is -0.330. The van der Waals surface area contributed by atoms with Gasteiger partial charge in [0.25, 0.3) is 0 Å². The van der Waals surface area contributed by atoms with Gasteiger partial charge < -0.3 is 15.0 Å². The number of hydrogen-bond acceptors (Lipinski definition) is 4. The van der Waals surface area contributed by atoms with Crippen LogP contribution in [0, 0.1) is 0 Å². The summed E-state index contributed by atoms with van der Waals surface area (Å²) in [4.78, 5) is 16.8. The van der Waals surface area contributed by atoms with Gasteiger partial charge in [0.1, 0.15) is 0 Å². The molecule has 0 aromatic rings. The van der Waals surface area contributed by atoms with Crippen LogP contribution in [-0.2, 0) is 9.53 Å². The molecule has 1 N–H and O–H groups in total. The van der Waals surface area contributed by atoms with E-state index in [0.29, 0.717) is 12.2 Å². The van der Waals surface area contributed by atoms with E-state index in [1.807, 2.05) is 11.8 Å². The maximum atomic E-state index is 12.5. The third-order valence-corrected chi connectivity index (χ3v) is 4.41. The lowest BCUT2D eigenvalue weighted by atomic mass is 10.2. The fraction of sp³-hybridized carbons (Fsp3) is 0.923. The standard InChI is InChI=1S/C13H23N3O2/c1-10(15-6-4-14-5-7-15)13(17)16-8-11-2-3-12(9-16)18-11/h10-12,14H,2-9H2,1H3. The molecule has 3 rings (SSSR count). The number of nitrogens with zero attached hydrogens (tertiary/aromatic N) is 2. The van der Waals surface area contributed by atoms with Crippen molar-refractivity contribution in [2.24, 2.45) is 0 Å². The Kier molecular flexibility index (Phi) is 3.54. The minimum Gasteiger partial charge on any atom is -0.371 e. The Morgan fingerprint density at radius 3 is 2.44 bits per heavy atom. The van der Waals surface area contributed by atoms with Crippen molar-refractivity contribution >= 4 is 5.91 Å². The molecule has 18 heavy (non-hydrogen) atoms. The van der Waals surface area contributed by atoms with Gasteiger partial charge in [-0.25, -0.2) is 0 Å². The van der Waals surface area contributed by atoms with Crippen LogP contribution in [0.2, 0.25) is 0 Å². The zero-order valence-electron chi connectivity index (χ0n) is 11.1. The summed E-state index contributed by atoms with van der Waals surface area (Å²) >= 11 is 0. The molecular formula is C13H23N3O2. The summed E-state index contributed by atoms with van der Waals surface area (Å²) in [7, 11) is 0. The van der Waals surface area contributed by atoms with Gasteiger partial charge in [-0.05, 0) is 19.8 Å². The maximum absolute atomic E-state index is 12.5. The topological polar surface area (TPSA) is 44.8 Å². The number of carbonyl (C=O) groups is 1. The van der Waals surface area contributed by atoms with Crippen molar-refractivity contribution in [3.8, 4) is 0 Å². The molecule has 5 heteroatoms. The number of piperazine rings is 1. The van der Waals surface area contributed by atoms with Crippen LogP contribution in [0.5, 0.6) is 0 Å². The molecule has 0 aromatic heterocycles. The van der Waals surface area contributed by atoms with Crippen LogP contribution < -0.4 is 5.32 Å². The van der Waals surface area contributed by atoms with Gasteiger partial charge in [0.15, 0.2) is 0 Å². The highest BCUT2D eigenvalue weighted by Crippen LogP contribution is 2.26. The fourth-order valence-corrected chi connectivity index (χ4v) is 3.28. The van der Waals surface area contributed by atoms with Crippen LogP contribution in [0.4, 0.5) is 0 Å². The molecule has 0 radical (unpaired) electrons. The summed E-state index contributed by atoms with van der Waals surface area (Å²) in [6.45, 7) is 7.58. The van der Waals surface area contributed by atoms with Crippen molar-refractivity contribution in [3.05, 3.63) is 0 Å². The van der Waals surface area contributed by atoms with Gasteiger partial charge in [-0.15, -0.1) is 0 Å². The van der Waals surface area contributed by atoms with E-state index in [9.17, 15) is 4.79 Å². The lowest BCUT2D eigenvalue weighted by Gasteiger charge is -2.38. The first-order chi connectivity index (χ1) is 8.74. The zero-order valence-corrected chi connectivity index (χ0v) is 11.1. The third kappa shape index (κ3) is 2.39. The van der Waals surface area contributed by atoms with E-state index in [0.717, 1.165) is 52.1 Å². The molecule has 2 bridgehead atoms. The summed E-state index contributed by atoms with van der Waals surface area (Å²) in [6, 6.07) is 0.0181. The zero-order chi connectivity index (χ0) is 12.5. The summed E-state index contributed by atoms with van der Waals surface area (Å²) in [5, 5.41) is 3.33. The lowest BCUT2D eigenvalue weighted by Crippen LogP contribution is -2.56. The highest BCUT2D eigenvalue weighted by atomic mass is 16.5. The molecule has 0 aliphatic carbocycles. The first-order valence-electron chi connectivity index (χ1n) is 7.13. The number of amides is 1. The van der Waals surface area contributed by atoms with E-state index in [-0.39, 0.29) is 11.9 Å². The number of nitrogens with one attached hydrogen (secondary N) is 1. The van der Waals surface area contributed by atoms with Gasteiger partial charge in [-0.2, -0.15) is 0 Å². The summed E-state index contributed by atoms with van der Waals surface area (Å²) in [6.07, 6.45) is 2.83. The predicted molar refractivity (Wildman–Crippen MR) is 68.4 cm³/mol. The van der Waals surface area contributed by atoms with Gasteiger partial charge in [-0.1, -0.05) is 0 Å². The lowest BCUT2D eigenvalue weighted by molar-refractivity contribution is -0.145. The number of fused-ring (bicyclic) bond motifs is 2. The third-order valence-electron chi connectivity index (χ3n) is 4.41. The number of rotatable bonds is 2. The maximum Gasteiger partial charge on any atom is 0.239 e. The Balaban J connectivity index is 1.59. The highest BCUT2D eigenvalue weighted by Gasteiger charge is 2.37. The quantitative estimate of drug-likeness (QED) is 0.732. The number of likely N-dealkylation sites (tertiary alicyclic amines) is 1. The molecule has 3 atom stereocenters. The largest absolute Gasteiger partial charge is 0.371 e. The molecule has 5 nitrogen and oxygen atoms in total. The second-order valence-corrected chi connectivity index (χ2v) is 5.66. The first-order valence-corrected chi connectivity index (χ1v) is 7.13. The average Bonchev–Trinajstić information content (AvgIpc) is 2.77. The van der Waals surface area contributed by atoms with Crippen LogP contribution in [0.25, 0.3) is 0 Å². The fourth-order valence-electron chi connectivity index (χ4n) is 3.28. The Bertz CT molecular complexity index is 305. The van der Waals surface area contributed by atoms with Gasteiger partial charge >= 0.3 is 0 Å². The molecule has 3 fully saturated rings. The van der Waals surface area contributed by atoms with Crippen LogP contribution in [0.15, 0.2) is 0 Å². The minimum absolute atomic E-state index is 0.0181. The molecule has 3 unspecified atom stereocenters. The van der Waals surface area contributed by atoms with Crippen LogP contribution in [0.3, 0.4) is 0 Å². The van der Waals surface area contributed by atoms with Crippen molar-refractivity contribution in [3.63, 3.8) is 0 Å². The van der Waals surface area contributed by atoms with Crippen LogP contribution >= 0.6 is 0 Å². The second-order valence-electron chi connectivity index (χ2n) is 5.66. The van der Waals surface area contributed by atoms with Crippen molar-refractivity contribution in [1.82, 2.24) is 15.1 Å². The Morgan fingerprint density at radius 1 is 1.22 bits per heavy atom. The molecule has 3 saturated heterocycles. The van der Waals surface area contributed by atoms with Gasteiger partial charge in [0.05, 0.1) is 18.2 Å². The van der Waals surface area contributed by atoms with E-state index in [1.54, 1.807) is 0 Å². The molecule has 0 aromatic carbocycles. The van der Waals surface area contributed by atoms with E-state index >= 15 is 0 Å². The molecule has 3 heterocycles. The normalized spacial score (nSPS) is 34.6. The van der Waals surface area contributed by atoms with Gasteiger partial charge in [0, 0.05) is 39.3 Å². The summed E-state index contributed by atoms with van der Waals surface area (Å²) in [5.41, 5.74) is 0. The van der Waals surface area contributed by atoms with Crippen LogP contribution in [-0.4, -0.2) is 73.2 Å². The number of ether oxygens (including phenoxy) is 1.